The van der Waals surface area contributed by atoms with Crippen LogP contribution in [0.4, 0.5) is 0 Å². The maximum Gasteiger partial charge on any atom is 0.243 e. The van der Waals surface area contributed by atoms with Crippen molar-refractivity contribution >= 4 is 15.9 Å². The average Bonchev–Trinajstić information content (AvgIpc) is 2.81. The number of aryl methyl sites for hydroxylation is 2. The molecule has 3 rings (SSSR count). The van der Waals surface area contributed by atoms with Gasteiger partial charge in [-0.2, -0.15) is 4.31 Å². The van der Waals surface area contributed by atoms with Crippen molar-refractivity contribution in [2.45, 2.75) is 24.7 Å². The van der Waals surface area contributed by atoms with Gasteiger partial charge < -0.3 is 19.5 Å². The molecule has 1 saturated heterocycles. The Morgan fingerprint density at radius 2 is 1.94 bits per heavy atom. The first-order valence-corrected chi connectivity index (χ1v) is 12.0. The lowest BCUT2D eigenvalue weighted by molar-refractivity contribution is -0.121. The van der Waals surface area contributed by atoms with E-state index in [1.54, 1.807) is 12.1 Å². The standard InChI is InChI=1S/C23H30N2O6S/c1-18-4-3-5-20(16-18)31-13-10-24-23(26)9-6-19-17-21(7-8-22(19)29-2)32(27,28)25-11-14-30-15-12-25/h3-5,7-8,16-17H,6,9-15H2,1-2H3,(H,24,26). The SMILES string of the molecule is COc1ccc(S(=O)(=O)N2CCOCC2)cc1CCC(=O)NCCOc1cccc(C)c1. The maximum absolute atomic E-state index is 12.9. The molecule has 32 heavy (non-hydrogen) atoms. The lowest BCUT2D eigenvalue weighted by atomic mass is 10.1. The Morgan fingerprint density at radius 1 is 1.16 bits per heavy atom. The van der Waals surface area contributed by atoms with Crippen LogP contribution in [0.25, 0.3) is 0 Å². The van der Waals surface area contributed by atoms with Gasteiger partial charge in [0, 0.05) is 19.5 Å². The Hall–Kier alpha value is -2.62. The van der Waals surface area contributed by atoms with Crippen LogP contribution >= 0.6 is 0 Å². The molecule has 9 heteroatoms. The number of sulfonamides is 1. The summed E-state index contributed by atoms with van der Waals surface area (Å²) >= 11 is 0. The zero-order valence-corrected chi connectivity index (χ0v) is 19.3. The summed E-state index contributed by atoms with van der Waals surface area (Å²) in [5, 5.41) is 2.83. The molecule has 1 aliphatic heterocycles. The number of benzene rings is 2. The van der Waals surface area contributed by atoms with E-state index in [4.69, 9.17) is 14.2 Å². The van der Waals surface area contributed by atoms with Gasteiger partial charge in [-0.3, -0.25) is 4.79 Å². The molecule has 2 aromatic rings. The number of nitrogens with one attached hydrogen (secondary N) is 1. The van der Waals surface area contributed by atoms with Gasteiger partial charge >= 0.3 is 0 Å². The van der Waals surface area contributed by atoms with Crippen LogP contribution in [-0.4, -0.2) is 65.2 Å². The Bertz CT molecular complexity index is 1020. The molecule has 1 aliphatic rings. The third-order valence-electron chi connectivity index (χ3n) is 5.16. The molecule has 1 heterocycles. The summed E-state index contributed by atoms with van der Waals surface area (Å²) in [5.41, 5.74) is 1.78. The van der Waals surface area contributed by atoms with E-state index >= 15 is 0 Å². The average molecular weight is 463 g/mol. The van der Waals surface area contributed by atoms with Gasteiger partial charge in [-0.25, -0.2) is 8.42 Å². The molecule has 0 unspecified atom stereocenters. The smallest absolute Gasteiger partial charge is 0.243 e. The first-order valence-electron chi connectivity index (χ1n) is 10.6. The summed E-state index contributed by atoms with van der Waals surface area (Å²) in [6.07, 6.45) is 0.572. The van der Waals surface area contributed by atoms with Crippen LogP contribution < -0.4 is 14.8 Å². The molecule has 1 fully saturated rings. The Morgan fingerprint density at radius 3 is 2.66 bits per heavy atom. The van der Waals surface area contributed by atoms with Gasteiger partial charge in [0.1, 0.15) is 18.1 Å². The Labute approximate surface area is 189 Å². The molecule has 0 radical (unpaired) electrons. The summed E-state index contributed by atoms with van der Waals surface area (Å²) in [6.45, 7) is 4.17. The molecule has 0 atom stereocenters. The third kappa shape index (κ3) is 6.44. The molecular formula is C23H30N2O6S. The highest BCUT2D eigenvalue weighted by Crippen LogP contribution is 2.26. The number of hydrogen-bond acceptors (Lipinski definition) is 6. The molecule has 2 aromatic carbocycles. The number of carbonyl (C=O) groups is 1. The van der Waals surface area contributed by atoms with E-state index in [1.807, 2.05) is 31.2 Å². The Kier molecular flexibility index (Phi) is 8.49. The molecule has 1 N–H and O–H groups in total. The number of morpholine rings is 1. The zero-order valence-electron chi connectivity index (χ0n) is 18.5. The molecule has 0 spiro atoms. The zero-order chi connectivity index (χ0) is 23.0. The highest BCUT2D eigenvalue weighted by atomic mass is 32.2. The summed E-state index contributed by atoms with van der Waals surface area (Å²) in [4.78, 5) is 12.5. The van der Waals surface area contributed by atoms with Crippen molar-refractivity contribution in [3.63, 3.8) is 0 Å². The summed E-state index contributed by atoms with van der Waals surface area (Å²) in [6, 6.07) is 12.5. The summed E-state index contributed by atoms with van der Waals surface area (Å²) < 4.78 is 43.5. The van der Waals surface area contributed by atoms with Crippen LogP contribution in [0.15, 0.2) is 47.4 Å². The van der Waals surface area contributed by atoms with Crippen LogP contribution in [0, 0.1) is 6.92 Å². The molecule has 1 amide bonds. The van der Waals surface area contributed by atoms with Gasteiger partial charge in [0.05, 0.1) is 31.8 Å². The van der Waals surface area contributed by atoms with Crippen molar-refractivity contribution in [1.82, 2.24) is 9.62 Å². The topological polar surface area (TPSA) is 94.2 Å². The van der Waals surface area contributed by atoms with Crippen molar-refractivity contribution in [2.75, 3.05) is 46.6 Å². The molecule has 0 saturated carbocycles. The normalized spacial score (nSPS) is 14.7. The number of amides is 1. The highest BCUT2D eigenvalue weighted by molar-refractivity contribution is 7.89. The van der Waals surface area contributed by atoms with Gasteiger partial charge in [-0.15, -0.1) is 0 Å². The van der Waals surface area contributed by atoms with E-state index in [0.29, 0.717) is 57.2 Å². The molecule has 8 nitrogen and oxygen atoms in total. The second kappa shape index (κ2) is 11.3. The van der Waals surface area contributed by atoms with E-state index in [0.717, 1.165) is 11.3 Å². The largest absolute Gasteiger partial charge is 0.496 e. The quantitative estimate of drug-likeness (QED) is 0.544. The Balaban J connectivity index is 1.54. The molecule has 0 aromatic heterocycles. The van der Waals surface area contributed by atoms with E-state index < -0.39 is 10.0 Å². The summed E-state index contributed by atoms with van der Waals surface area (Å²) in [5.74, 6) is 1.19. The fourth-order valence-corrected chi connectivity index (χ4v) is 4.91. The van der Waals surface area contributed by atoms with Crippen LogP contribution in [0.1, 0.15) is 17.5 Å². The number of nitrogens with zero attached hydrogens (tertiary/aromatic N) is 1. The number of carbonyl (C=O) groups excluding carboxylic acids is 1. The van der Waals surface area contributed by atoms with Crippen molar-refractivity contribution in [3.8, 4) is 11.5 Å². The van der Waals surface area contributed by atoms with Crippen LogP contribution in [0.5, 0.6) is 11.5 Å². The minimum Gasteiger partial charge on any atom is -0.496 e. The fourth-order valence-electron chi connectivity index (χ4n) is 3.45. The molecule has 174 valence electrons. The van der Waals surface area contributed by atoms with Crippen LogP contribution in [-0.2, 0) is 26.0 Å². The van der Waals surface area contributed by atoms with Gasteiger partial charge in [-0.05, 0) is 54.8 Å². The summed E-state index contributed by atoms with van der Waals surface area (Å²) in [7, 11) is -2.09. The number of hydrogen-bond donors (Lipinski definition) is 1. The van der Waals surface area contributed by atoms with E-state index in [2.05, 4.69) is 5.32 Å². The van der Waals surface area contributed by atoms with Crippen molar-refractivity contribution < 1.29 is 27.4 Å². The molecular weight excluding hydrogens is 432 g/mol. The van der Waals surface area contributed by atoms with E-state index in [1.165, 1.54) is 17.5 Å². The molecule has 0 bridgehead atoms. The monoisotopic (exact) mass is 462 g/mol. The van der Waals surface area contributed by atoms with Gasteiger partial charge in [-0.1, -0.05) is 12.1 Å². The first-order chi connectivity index (χ1) is 15.4. The number of methoxy groups -OCH3 is 1. The van der Waals surface area contributed by atoms with Crippen molar-refractivity contribution in [2.24, 2.45) is 0 Å². The predicted molar refractivity (Wildman–Crippen MR) is 121 cm³/mol. The lowest BCUT2D eigenvalue weighted by Crippen LogP contribution is -2.40. The third-order valence-corrected chi connectivity index (χ3v) is 7.06. The van der Waals surface area contributed by atoms with E-state index in [-0.39, 0.29) is 17.2 Å². The number of ether oxygens (including phenoxy) is 3. The van der Waals surface area contributed by atoms with Crippen molar-refractivity contribution in [3.05, 3.63) is 53.6 Å². The minimum atomic E-state index is -3.61. The maximum atomic E-state index is 12.9. The highest BCUT2D eigenvalue weighted by Gasteiger charge is 2.27. The van der Waals surface area contributed by atoms with Crippen molar-refractivity contribution in [1.29, 1.82) is 0 Å². The van der Waals surface area contributed by atoms with Gasteiger partial charge in [0.25, 0.3) is 0 Å². The van der Waals surface area contributed by atoms with Gasteiger partial charge in [0.15, 0.2) is 0 Å². The molecule has 0 aliphatic carbocycles. The minimum absolute atomic E-state index is 0.138. The lowest BCUT2D eigenvalue weighted by Gasteiger charge is -2.26. The van der Waals surface area contributed by atoms with Gasteiger partial charge in [0.2, 0.25) is 15.9 Å². The number of rotatable bonds is 10. The first kappa shape index (κ1) is 24.0. The van der Waals surface area contributed by atoms with Crippen LogP contribution in [0.2, 0.25) is 0 Å². The van der Waals surface area contributed by atoms with Crippen LogP contribution in [0.3, 0.4) is 0 Å². The fraction of sp³-hybridized carbons (Fsp3) is 0.435. The predicted octanol–water partition coefficient (Wildman–Crippen LogP) is 2.15. The second-order valence-corrected chi connectivity index (χ2v) is 9.44. The second-order valence-electron chi connectivity index (χ2n) is 7.51. The van der Waals surface area contributed by atoms with E-state index in [9.17, 15) is 13.2 Å².